The van der Waals surface area contributed by atoms with Crippen LogP contribution in [-0.2, 0) is 4.79 Å². The Labute approximate surface area is 102 Å². The summed E-state index contributed by atoms with van der Waals surface area (Å²) in [7, 11) is 0. The van der Waals surface area contributed by atoms with Crippen LogP contribution in [0.3, 0.4) is 0 Å². The van der Waals surface area contributed by atoms with E-state index in [1.807, 2.05) is 0 Å². The molecule has 0 aliphatic rings. The Morgan fingerprint density at radius 3 is 2.72 bits per heavy atom. The molecule has 0 bridgehead atoms. The number of nitrogens with one attached hydrogen (secondary N) is 2. The van der Waals surface area contributed by atoms with Crippen molar-refractivity contribution >= 4 is 23.5 Å². The van der Waals surface area contributed by atoms with Gasteiger partial charge in [0, 0.05) is 12.4 Å². The van der Waals surface area contributed by atoms with Crippen LogP contribution in [0.4, 0.5) is 5.95 Å². The molecule has 8 heteroatoms. The zero-order valence-electron chi connectivity index (χ0n) is 9.19. The number of anilines is 1. The van der Waals surface area contributed by atoms with E-state index in [1.54, 1.807) is 31.0 Å². The summed E-state index contributed by atoms with van der Waals surface area (Å²) in [6, 6.07) is 1.68. The maximum absolute atomic E-state index is 9.78. The summed E-state index contributed by atoms with van der Waals surface area (Å²) in [6.45, 7) is 0. The van der Waals surface area contributed by atoms with Crippen molar-refractivity contribution in [2.24, 2.45) is 0 Å². The molecule has 3 rings (SSSR count). The smallest absolute Gasteiger partial charge is 0.229 e. The maximum atomic E-state index is 9.78. The van der Waals surface area contributed by atoms with Gasteiger partial charge in [0.1, 0.15) is 11.8 Å². The lowest BCUT2D eigenvalue weighted by Crippen LogP contribution is -1.97. The maximum Gasteiger partial charge on any atom is 0.229 e. The highest BCUT2D eigenvalue weighted by Gasteiger charge is 1.91. The second kappa shape index (κ2) is 5.99. The fraction of sp³-hybridized carbons (Fsp3) is 0. The first-order valence-electron chi connectivity index (χ1n) is 4.96. The lowest BCUT2D eigenvalue weighted by Gasteiger charge is -1.90. The number of carbonyl (C=O) groups is 1. The van der Waals surface area contributed by atoms with Crippen LogP contribution in [0.15, 0.2) is 37.3 Å². The van der Waals surface area contributed by atoms with Gasteiger partial charge in [-0.05, 0) is 6.07 Å². The Balaban J connectivity index is 0.000000134. The lowest BCUT2D eigenvalue weighted by molar-refractivity contribution is -0.105. The molecule has 3 aromatic heterocycles. The fourth-order valence-corrected chi connectivity index (χ4v) is 1.12. The molecule has 0 saturated heterocycles. The summed E-state index contributed by atoms with van der Waals surface area (Å²) < 4.78 is 0. The van der Waals surface area contributed by atoms with Crippen molar-refractivity contribution in [3.8, 4) is 0 Å². The topological polar surface area (TPSA) is 109 Å². The monoisotopic (exact) mass is 243 g/mol. The van der Waals surface area contributed by atoms with E-state index >= 15 is 0 Å². The van der Waals surface area contributed by atoms with Crippen LogP contribution in [0.1, 0.15) is 0 Å². The first-order chi connectivity index (χ1) is 8.90. The van der Waals surface area contributed by atoms with Crippen molar-refractivity contribution in [3.63, 3.8) is 0 Å². The highest BCUT2D eigenvalue weighted by molar-refractivity contribution is 5.67. The molecule has 0 aliphatic heterocycles. The van der Waals surface area contributed by atoms with Gasteiger partial charge in [-0.25, -0.2) is 24.9 Å². The Bertz CT molecular complexity index is 579. The molecule has 0 saturated carbocycles. The molecule has 0 atom stereocenters. The van der Waals surface area contributed by atoms with Crippen molar-refractivity contribution in [2.45, 2.75) is 0 Å². The van der Waals surface area contributed by atoms with Crippen LogP contribution in [0.5, 0.6) is 0 Å². The summed E-state index contributed by atoms with van der Waals surface area (Å²) in [5.41, 5.74) is 1.59. The molecule has 3 heterocycles. The van der Waals surface area contributed by atoms with Gasteiger partial charge in [-0.15, -0.1) is 0 Å². The van der Waals surface area contributed by atoms with Crippen LogP contribution in [0, 0.1) is 0 Å². The molecule has 8 nitrogen and oxygen atoms in total. The van der Waals surface area contributed by atoms with Gasteiger partial charge in [-0.1, -0.05) is 0 Å². The number of H-pyrrole nitrogens is 1. The van der Waals surface area contributed by atoms with E-state index in [1.165, 1.54) is 6.33 Å². The number of carbonyl (C=O) groups excluding carboxylic acids is 1. The third kappa shape index (κ3) is 3.04. The fourth-order valence-electron chi connectivity index (χ4n) is 1.12. The average molecular weight is 243 g/mol. The van der Waals surface area contributed by atoms with Crippen LogP contribution >= 0.6 is 0 Å². The lowest BCUT2D eigenvalue weighted by atomic mass is 10.6. The van der Waals surface area contributed by atoms with Gasteiger partial charge < -0.3 is 4.98 Å². The van der Waals surface area contributed by atoms with Crippen molar-refractivity contribution in [1.82, 2.24) is 29.9 Å². The van der Waals surface area contributed by atoms with Crippen LogP contribution in [0.25, 0.3) is 11.2 Å². The van der Waals surface area contributed by atoms with E-state index in [9.17, 15) is 4.79 Å². The summed E-state index contributed by atoms with van der Waals surface area (Å²) >= 11 is 0. The van der Waals surface area contributed by atoms with E-state index in [0.29, 0.717) is 18.0 Å². The Kier molecular flexibility index (Phi) is 3.85. The normalized spacial score (nSPS) is 9.33. The van der Waals surface area contributed by atoms with Gasteiger partial charge in [0.05, 0.1) is 12.5 Å². The van der Waals surface area contributed by atoms with Gasteiger partial charge >= 0.3 is 0 Å². The zero-order valence-corrected chi connectivity index (χ0v) is 9.19. The minimum atomic E-state index is 0.326. The average Bonchev–Trinajstić information content (AvgIpc) is 2.89. The molecular formula is C10H9N7O. The van der Waals surface area contributed by atoms with Crippen LogP contribution in [0.2, 0.25) is 0 Å². The molecule has 90 valence electrons. The summed E-state index contributed by atoms with van der Waals surface area (Å²) in [5, 5.41) is 2.30. The third-order valence-corrected chi connectivity index (χ3v) is 1.85. The molecule has 0 aromatic carbocycles. The second-order valence-electron chi connectivity index (χ2n) is 3.00. The standard InChI is InChI=1S/C5H4N4.C5H5N3O/c1-4-5(8-2-6-1)9-3-7-4;9-4-8-5-6-2-1-3-7-5/h1-3H,(H,6,7,8,9);1-4H,(H,6,7,8,9). The molecule has 1 amide bonds. The minimum Gasteiger partial charge on any atom is -0.342 e. The number of amides is 1. The number of rotatable bonds is 2. The molecule has 0 unspecified atom stereocenters. The summed E-state index contributed by atoms with van der Waals surface area (Å²) in [5.74, 6) is 0.326. The molecular weight excluding hydrogens is 234 g/mol. The molecule has 0 aliphatic carbocycles. The summed E-state index contributed by atoms with van der Waals surface area (Å²) in [6.07, 6.45) is 8.41. The van der Waals surface area contributed by atoms with Gasteiger partial charge in [0.2, 0.25) is 12.4 Å². The minimum absolute atomic E-state index is 0.326. The highest BCUT2D eigenvalue weighted by Crippen LogP contribution is 1.99. The first kappa shape index (κ1) is 11.6. The van der Waals surface area contributed by atoms with E-state index in [2.05, 4.69) is 35.2 Å². The molecule has 0 spiro atoms. The zero-order chi connectivity index (χ0) is 12.6. The number of nitrogens with zero attached hydrogens (tertiary/aromatic N) is 5. The summed E-state index contributed by atoms with van der Waals surface area (Å²) in [4.78, 5) is 31.7. The molecule has 0 fully saturated rings. The highest BCUT2D eigenvalue weighted by atomic mass is 16.1. The van der Waals surface area contributed by atoms with Gasteiger partial charge in [-0.3, -0.25) is 10.1 Å². The van der Waals surface area contributed by atoms with Crippen LogP contribution in [-0.4, -0.2) is 36.3 Å². The van der Waals surface area contributed by atoms with E-state index in [0.717, 1.165) is 5.52 Å². The van der Waals surface area contributed by atoms with Crippen molar-refractivity contribution in [2.75, 3.05) is 5.32 Å². The number of hydrogen-bond donors (Lipinski definition) is 2. The number of aromatic amines is 1. The van der Waals surface area contributed by atoms with E-state index in [-0.39, 0.29) is 0 Å². The largest absolute Gasteiger partial charge is 0.342 e. The molecule has 2 N–H and O–H groups in total. The predicted molar refractivity (Wildman–Crippen MR) is 63.4 cm³/mol. The number of hydrogen-bond acceptors (Lipinski definition) is 6. The number of fused-ring (bicyclic) bond motifs is 1. The van der Waals surface area contributed by atoms with Crippen LogP contribution < -0.4 is 5.32 Å². The Morgan fingerprint density at radius 2 is 2.00 bits per heavy atom. The molecule has 0 radical (unpaired) electrons. The number of aromatic nitrogens is 6. The van der Waals surface area contributed by atoms with Gasteiger partial charge in [-0.2, -0.15) is 0 Å². The Morgan fingerprint density at radius 1 is 1.17 bits per heavy atom. The van der Waals surface area contributed by atoms with Gasteiger partial charge in [0.15, 0.2) is 5.65 Å². The van der Waals surface area contributed by atoms with E-state index in [4.69, 9.17) is 0 Å². The quantitative estimate of drug-likeness (QED) is 0.630. The van der Waals surface area contributed by atoms with Crippen molar-refractivity contribution in [1.29, 1.82) is 0 Å². The number of imidazole rings is 1. The van der Waals surface area contributed by atoms with Crippen molar-refractivity contribution < 1.29 is 4.79 Å². The first-order valence-corrected chi connectivity index (χ1v) is 4.96. The SMILES string of the molecule is O=CNc1ncccn1.c1ncc2[nH]cnc2n1. The van der Waals surface area contributed by atoms with E-state index < -0.39 is 0 Å². The molecule has 18 heavy (non-hydrogen) atoms. The Hall–Kier alpha value is -2.90. The third-order valence-electron chi connectivity index (χ3n) is 1.85. The molecule has 3 aromatic rings. The van der Waals surface area contributed by atoms with Gasteiger partial charge in [0.25, 0.3) is 0 Å². The predicted octanol–water partition coefficient (Wildman–Crippen LogP) is 0.398. The second-order valence-corrected chi connectivity index (χ2v) is 3.00. The van der Waals surface area contributed by atoms with Crippen molar-refractivity contribution in [3.05, 3.63) is 37.3 Å².